The number of allylic oxidation sites excluding steroid dienone is 2. The normalized spacial score (nSPS) is 34.1. The van der Waals surface area contributed by atoms with E-state index in [9.17, 15) is 0 Å². The first-order valence-corrected chi connectivity index (χ1v) is 4.73. The minimum atomic E-state index is 0.241. The summed E-state index contributed by atoms with van der Waals surface area (Å²) in [7, 11) is 0. The minimum Gasteiger partial charge on any atom is -0.387 e. The standard InChI is InChI=1S/C10H14N2/c11-6-8-5-9-3-1-2-4-10(9)12-7-8/h4,8-9,12H,1-3,5,7H2. The number of rotatable bonds is 0. The van der Waals surface area contributed by atoms with Gasteiger partial charge in [-0.3, -0.25) is 0 Å². The SMILES string of the molecule is N#CC1CNC2=CCCCC2C1. The molecule has 0 aromatic rings. The van der Waals surface area contributed by atoms with Crippen molar-refractivity contribution in [2.24, 2.45) is 11.8 Å². The number of nitrogens with one attached hydrogen (secondary N) is 1. The smallest absolute Gasteiger partial charge is 0.0674 e. The first-order chi connectivity index (χ1) is 5.90. The van der Waals surface area contributed by atoms with Gasteiger partial charge in [-0.25, -0.2) is 0 Å². The highest BCUT2D eigenvalue weighted by Gasteiger charge is 2.26. The summed E-state index contributed by atoms with van der Waals surface area (Å²) in [6.45, 7) is 0.860. The van der Waals surface area contributed by atoms with Crippen molar-refractivity contribution in [2.75, 3.05) is 6.54 Å². The molecule has 1 aliphatic heterocycles. The third-order valence-corrected chi connectivity index (χ3v) is 2.86. The summed E-state index contributed by atoms with van der Waals surface area (Å²) in [5.74, 6) is 0.905. The number of hydrogen-bond donors (Lipinski definition) is 1. The Morgan fingerprint density at radius 1 is 1.58 bits per heavy atom. The summed E-state index contributed by atoms with van der Waals surface area (Å²) in [5.41, 5.74) is 1.41. The lowest BCUT2D eigenvalue weighted by Gasteiger charge is -2.32. The lowest BCUT2D eigenvalue weighted by atomic mass is 9.82. The van der Waals surface area contributed by atoms with Gasteiger partial charge in [0, 0.05) is 12.2 Å². The van der Waals surface area contributed by atoms with Crippen LogP contribution in [0.5, 0.6) is 0 Å². The molecule has 2 atom stereocenters. The molecular formula is C10H14N2. The molecule has 0 spiro atoms. The van der Waals surface area contributed by atoms with Crippen LogP contribution in [0.3, 0.4) is 0 Å². The third kappa shape index (κ3) is 1.32. The summed E-state index contributed by atoms with van der Waals surface area (Å²) in [4.78, 5) is 0. The van der Waals surface area contributed by atoms with Crippen LogP contribution in [0.4, 0.5) is 0 Å². The van der Waals surface area contributed by atoms with Gasteiger partial charge >= 0.3 is 0 Å². The van der Waals surface area contributed by atoms with Gasteiger partial charge in [-0.05, 0) is 31.6 Å². The van der Waals surface area contributed by atoms with Crippen LogP contribution < -0.4 is 5.32 Å². The Labute approximate surface area is 73.3 Å². The van der Waals surface area contributed by atoms with E-state index in [0.717, 1.165) is 13.0 Å². The zero-order valence-electron chi connectivity index (χ0n) is 7.21. The fourth-order valence-corrected chi connectivity index (χ4v) is 2.17. The summed E-state index contributed by atoms with van der Waals surface area (Å²) in [6.07, 6.45) is 7.18. The monoisotopic (exact) mass is 162 g/mol. The van der Waals surface area contributed by atoms with Crippen LogP contribution in [0.15, 0.2) is 11.8 Å². The van der Waals surface area contributed by atoms with Crippen molar-refractivity contribution in [3.05, 3.63) is 11.8 Å². The molecule has 1 N–H and O–H groups in total. The fourth-order valence-electron chi connectivity index (χ4n) is 2.17. The van der Waals surface area contributed by atoms with Crippen LogP contribution in [0, 0.1) is 23.2 Å². The molecule has 0 bridgehead atoms. The Morgan fingerprint density at radius 3 is 3.33 bits per heavy atom. The van der Waals surface area contributed by atoms with Gasteiger partial charge in [0.05, 0.1) is 12.0 Å². The van der Waals surface area contributed by atoms with Gasteiger partial charge in [0.25, 0.3) is 0 Å². The number of piperidine rings is 1. The lowest BCUT2D eigenvalue weighted by Crippen LogP contribution is -2.34. The summed E-state index contributed by atoms with van der Waals surface area (Å²) < 4.78 is 0. The number of fused-ring (bicyclic) bond motifs is 1. The lowest BCUT2D eigenvalue weighted by molar-refractivity contribution is 0.348. The molecule has 0 saturated carbocycles. The van der Waals surface area contributed by atoms with E-state index in [1.165, 1.54) is 25.0 Å². The fraction of sp³-hybridized carbons (Fsp3) is 0.700. The second-order valence-electron chi connectivity index (χ2n) is 3.73. The first-order valence-electron chi connectivity index (χ1n) is 4.73. The van der Waals surface area contributed by atoms with Crippen molar-refractivity contribution in [1.82, 2.24) is 5.32 Å². The maximum absolute atomic E-state index is 8.77. The Hall–Kier alpha value is -0.970. The van der Waals surface area contributed by atoms with Crippen LogP contribution in [0.1, 0.15) is 25.7 Å². The zero-order chi connectivity index (χ0) is 8.39. The van der Waals surface area contributed by atoms with Gasteiger partial charge in [0.2, 0.25) is 0 Å². The number of nitriles is 1. The van der Waals surface area contributed by atoms with E-state index in [1.54, 1.807) is 0 Å². The van der Waals surface area contributed by atoms with E-state index in [2.05, 4.69) is 17.5 Å². The van der Waals surface area contributed by atoms with Gasteiger partial charge in [-0.15, -0.1) is 0 Å². The van der Waals surface area contributed by atoms with Gasteiger partial charge in [0.1, 0.15) is 0 Å². The molecule has 2 nitrogen and oxygen atoms in total. The predicted octanol–water partition coefficient (Wildman–Crippen LogP) is 1.80. The van der Waals surface area contributed by atoms with E-state index < -0.39 is 0 Å². The van der Waals surface area contributed by atoms with E-state index in [4.69, 9.17) is 5.26 Å². The van der Waals surface area contributed by atoms with Crippen LogP contribution >= 0.6 is 0 Å². The average molecular weight is 162 g/mol. The van der Waals surface area contributed by atoms with E-state index >= 15 is 0 Å². The maximum Gasteiger partial charge on any atom is 0.0674 e. The third-order valence-electron chi connectivity index (χ3n) is 2.86. The Kier molecular flexibility index (Phi) is 2.03. The largest absolute Gasteiger partial charge is 0.387 e. The molecule has 1 fully saturated rings. The van der Waals surface area contributed by atoms with E-state index in [0.29, 0.717) is 5.92 Å². The Bertz CT molecular complexity index is 237. The van der Waals surface area contributed by atoms with Gasteiger partial charge in [0.15, 0.2) is 0 Å². The van der Waals surface area contributed by atoms with Crippen molar-refractivity contribution in [2.45, 2.75) is 25.7 Å². The molecule has 1 saturated heterocycles. The maximum atomic E-state index is 8.77. The molecule has 2 unspecified atom stereocenters. The second-order valence-corrected chi connectivity index (χ2v) is 3.73. The van der Waals surface area contributed by atoms with Gasteiger partial charge < -0.3 is 5.32 Å². The highest BCUT2D eigenvalue weighted by molar-refractivity contribution is 5.13. The highest BCUT2D eigenvalue weighted by Crippen LogP contribution is 2.31. The Balaban J connectivity index is 2.06. The van der Waals surface area contributed by atoms with Crippen LogP contribution in [-0.2, 0) is 0 Å². The highest BCUT2D eigenvalue weighted by atomic mass is 14.9. The summed E-state index contributed by atoms with van der Waals surface area (Å²) in [6, 6.07) is 2.35. The van der Waals surface area contributed by atoms with Gasteiger partial charge in [-0.2, -0.15) is 5.26 Å². The molecular weight excluding hydrogens is 148 g/mol. The molecule has 12 heavy (non-hydrogen) atoms. The predicted molar refractivity (Wildman–Crippen MR) is 47.1 cm³/mol. The van der Waals surface area contributed by atoms with Crippen LogP contribution in [0.25, 0.3) is 0 Å². The van der Waals surface area contributed by atoms with E-state index in [1.807, 2.05) is 0 Å². The molecule has 2 heteroatoms. The van der Waals surface area contributed by atoms with Crippen molar-refractivity contribution < 1.29 is 0 Å². The van der Waals surface area contributed by atoms with Crippen LogP contribution in [-0.4, -0.2) is 6.54 Å². The van der Waals surface area contributed by atoms with E-state index in [-0.39, 0.29) is 5.92 Å². The number of hydrogen-bond acceptors (Lipinski definition) is 2. The topological polar surface area (TPSA) is 35.8 Å². The molecule has 0 radical (unpaired) electrons. The molecule has 0 amide bonds. The molecule has 64 valence electrons. The molecule has 2 rings (SSSR count). The summed E-state index contributed by atoms with van der Waals surface area (Å²) >= 11 is 0. The molecule has 0 aromatic heterocycles. The Morgan fingerprint density at radius 2 is 2.50 bits per heavy atom. The van der Waals surface area contributed by atoms with Crippen LogP contribution in [0.2, 0.25) is 0 Å². The zero-order valence-corrected chi connectivity index (χ0v) is 7.21. The molecule has 1 heterocycles. The van der Waals surface area contributed by atoms with Crippen molar-refractivity contribution in [3.63, 3.8) is 0 Å². The van der Waals surface area contributed by atoms with Crippen molar-refractivity contribution in [3.8, 4) is 6.07 Å². The first kappa shape index (κ1) is 7.67. The molecule has 1 aliphatic carbocycles. The summed E-state index contributed by atoms with van der Waals surface area (Å²) in [5, 5.41) is 12.1. The van der Waals surface area contributed by atoms with Crippen molar-refractivity contribution >= 4 is 0 Å². The second kappa shape index (κ2) is 3.18. The molecule has 0 aromatic carbocycles. The van der Waals surface area contributed by atoms with Gasteiger partial charge in [-0.1, -0.05) is 6.08 Å². The van der Waals surface area contributed by atoms with Crippen molar-refractivity contribution in [1.29, 1.82) is 5.26 Å². The average Bonchev–Trinajstić information content (AvgIpc) is 2.17. The molecule has 2 aliphatic rings. The quantitative estimate of drug-likeness (QED) is 0.589. The number of nitrogens with zero attached hydrogens (tertiary/aromatic N) is 1. The minimum absolute atomic E-state index is 0.241.